The second-order valence-corrected chi connectivity index (χ2v) is 2.64. The summed E-state index contributed by atoms with van der Waals surface area (Å²) in [6.45, 7) is 3.83. The van der Waals surface area contributed by atoms with Gasteiger partial charge in [0.2, 0.25) is 6.86 Å². The second kappa shape index (κ2) is 49.9. The molecule has 3 nitrogen and oxygen atoms in total. The molecule has 0 amide bonds. The first-order valence-corrected chi connectivity index (χ1v) is 5.32. The Balaban J connectivity index is -0.0000000267. The van der Waals surface area contributed by atoms with Crippen molar-refractivity contribution in [2.75, 3.05) is 27.3 Å². The van der Waals surface area contributed by atoms with E-state index in [1.807, 2.05) is 0 Å². The lowest BCUT2D eigenvalue weighted by atomic mass is 10.4. The fraction of sp³-hybridized carbons (Fsp3) is 1.00. The molecule has 0 aliphatic carbocycles. The van der Waals surface area contributed by atoms with Crippen LogP contribution in [0.4, 0.5) is 31.1 Å². The average Bonchev–Trinajstić information content (AvgIpc) is 2.50. The van der Waals surface area contributed by atoms with Crippen LogP contribution >= 0.6 is 0 Å². The number of hydrogen-bond donors (Lipinski definition) is 0. The van der Waals surface area contributed by atoms with Crippen LogP contribution in [0.25, 0.3) is 0 Å². The van der Waals surface area contributed by atoms with Gasteiger partial charge in [0, 0.05) is 6.92 Å². The van der Waals surface area contributed by atoms with Gasteiger partial charge in [-0.05, 0) is 20.5 Å². The molecule has 22 heavy (non-hydrogen) atoms. The van der Waals surface area contributed by atoms with Crippen molar-refractivity contribution in [1.82, 2.24) is 0 Å². The maximum Gasteiger partial charge on any atom is 0.271 e. The van der Waals surface area contributed by atoms with Crippen LogP contribution in [0.3, 0.4) is 0 Å². The fourth-order valence-corrected chi connectivity index (χ4v) is 0.0206. The lowest BCUT2D eigenvalue weighted by molar-refractivity contribution is -0.289. The predicted octanol–water partition coefficient (Wildman–Crippen LogP) is 6.54. The van der Waals surface area contributed by atoms with Gasteiger partial charge < -0.3 is 0 Å². The standard InChI is InChI=1S/C3H5F3O.C3H8.C2H5FO.CH2F2O.CH3F.2CH4/c1-3(5,2-4)7-6;1-3-2;1-2-4-3;2-1-4-3;1-2;;/h2H2,1H3;3H2,1-2H3;2H2,1H3;1H2;1H3;2*1H4. The molecule has 0 bridgehead atoms. The summed E-state index contributed by atoms with van der Waals surface area (Å²) in [4.78, 5) is 7.96. The van der Waals surface area contributed by atoms with Crippen molar-refractivity contribution in [3.63, 3.8) is 0 Å². The first kappa shape index (κ1) is 42.9. The van der Waals surface area contributed by atoms with Gasteiger partial charge >= 0.3 is 0 Å². The SMILES string of the molecule is C.C.CC(F)(CF)OF.CCC.CCOF.CF.FCOF. The molecule has 0 saturated carbocycles. The molecule has 0 fully saturated rings. The minimum Gasteiger partial charge on any atom is -0.255 e. The van der Waals surface area contributed by atoms with Crippen LogP contribution in [0, 0.1) is 0 Å². The van der Waals surface area contributed by atoms with Gasteiger partial charge in [-0.3, -0.25) is 4.39 Å². The van der Waals surface area contributed by atoms with Crippen LogP contribution in [0.1, 0.15) is 49.0 Å². The van der Waals surface area contributed by atoms with Crippen LogP contribution in [0.2, 0.25) is 0 Å². The molecule has 0 aromatic carbocycles. The molecule has 0 rings (SSSR count). The van der Waals surface area contributed by atoms with Crippen molar-refractivity contribution in [2.45, 2.75) is 54.8 Å². The van der Waals surface area contributed by atoms with Crippen LogP contribution < -0.4 is 0 Å². The van der Waals surface area contributed by atoms with Crippen molar-refractivity contribution in [3.05, 3.63) is 0 Å². The molecule has 0 radical (unpaired) electrons. The smallest absolute Gasteiger partial charge is 0.255 e. The lowest BCUT2D eigenvalue weighted by Gasteiger charge is -2.06. The van der Waals surface area contributed by atoms with Gasteiger partial charge in [-0.25, -0.2) is 13.2 Å². The van der Waals surface area contributed by atoms with E-state index in [2.05, 4.69) is 28.7 Å². The Hall–Kier alpha value is -0.610. The Morgan fingerprint density at radius 3 is 1.09 bits per heavy atom. The normalized spacial score (nSPS) is 9.82. The van der Waals surface area contributed by atoms with Crippen LogP contribution in [0.15, 0.2) is 0 Å². The molecule has 1 atom stereocenters. The van der Waals surface area contributed by atoms with E-state index in [9.17, 15) is 31.1 Å². The van der Waals surface area contributed by atoms with E-state index in [4.69, 9.17) is 0 Å². The first-order valence-electron chi connectivity index (χ1n) is 5.32. The van der Waals surface area contributed by atoms with Crippen molar-refractivity contribution in [1.29, 1.82) is 0 Å². The van der Waals surface area contributed by atoms with E-state index in [1.54, 1.807) is 6.92 Å². The van der Waals surface area contributed by atoms with E-state index in [0.29, 0.717) is 14.1 Å². The van der Waals surface area contributed by atoms with E-state index in [1.165, 1.54) is 6.42 Å². The molecular weight excluding hydrogens is 325 g/mol. The molecule has 0 aromatic heterocycles. The lowest BCUT2D eigenvalue weighted by Crippen LogP contribution is -2.20. The van der Waals surface area contributed by atoms with Crippen molar-refractivity contribution < 1.29 is 46.0 Å². The third kappa shape index (κ3) is 120. The molecule has 0 aromatic rings. The second-order valence-electron chi connectivity index (χ2n) is 2.64. The predicted molar refractivity (Wildman–Crippen MR) is 75.0 cm³/mol. The number of halogens is 7. The van der Waals surface area contributed by atoms with E-state index in [0.717, 1.165) is 0 Å². The zero-order chi connectivity index (χ0) is 17.4. The summed E-state index contributed by atoms with van der Waals surface area (Å²) in [7, 11) is 0.500. The maximum atomic E-state index is 11.6. The van der Waals surface area contributed by atoms with Crippen LogP contribution in [-0.4, -0.2) is 33.2 Å². The third-order valence-corrected chi connectivity index (χ3v) is 0.550. The van der Waals surface area contributed by atoms with Gasteiger partial charge in [-0.1, -0.05) is 35.1 Å². The average molecular weight is 356 g/mol. The summed E-state index contributed by atoms with van der Waals surface area (Å²) in [5, 5.41) is 0. The molecule has 0 saturated heterocycles. The molecule has 10 heteroatoms. The number of rotatable bonds is 4. The third-order valence-electron chi connectivity index (χ3n) is 0.550. The Bertz CT molecular complexity index is 109. The highest BCUT2D eigenvalue weighted by atomic mass is 19.3. The molecular formula is C12H31F7O3. The van der Waals surface area contributed by atoms with Gasteiger partial charge in [-0.2, -0.15) is 14.8 Å². The van der Waals surface area contributed by atoms with Gasteiger partial charge in [0.25, 0.3) is 5.85 Å². The molecule has 0 aliphatic heterocycles. The molecule has 0 heterocycles. The van der Waals surface area contributed by atoms with Crippen molar-refractivity contribution in [2.24, 2.45) is 0 Å². The highest BCUT2D eigenvalue weighted by molar-refractivity contribution is 4.52. The number of hydrogen-bond acceptors (Lipinski definition) is 3. The Labute approximate surface area is 129 Å². The van der Waals surface area contributed by atoms with Crippen LogP contribution in [0.5, 0.6) is 0 Å². The molecule has 0 N–H and O–H groups in total. The summed E-state index contributed by atoms with van der Waals surface area (Å²) >= 11 is 0. The topological polar surface area (TPSA) is 27.7 Å². The van der Waals surface area contributed by atoms with Crippen LogP contribution in [-0.2, 0) is 14.8 Å². The van der Waals surface area contributed by atoms with E-state index in [-0.39, 0.29) is 21.5 Å². The summed E-state index contributed by atoms with van der Waals surface area (Å²) < 4.78 is 73.0. The summed E-state index contributed by atoms with van der Waals surface area (Å²) in [6, 6.07) is 0. The zero-order valence-electron chi connectivity index (χ0n) is 12.2. The summed E-state index contributed by atoms with van der Waals surface area (Å²) in [5.74, 6) is -2.75. The van der Waals surface area contributed by atoms with Gasteiger partial charge in [0.1, 0.15) is 0 Å². The monoisotopic (exact) mass is 356 g/mol. The minimum atomic E-state index is -2.75. The Kier molecular flexibility index (Phi) is 97.5. The van der Waals surface area contributed by atoms with Crippen molar-refractivity contribution in [3.8, 4) is 0 Å². The minimum absolute atomic E-state index is 0. The van der Waals surface area contributed by atoms with Gasteiger partial charge in [0.05, 0.1) is 13.8 Å². The quantitative estimate of drug-likeness (QED) is 0.535. The van der Waals surface area contributed by atoms with E-state index >= 15 is 0 Å². The van der Waals surface area contributed by atoms with Gasteiger partial charge in [0.15, 0.2) is 6.67 Å². The molecule has 146 valence electrons. The first-order chi connectivity index (χ1) is 9.36. The maximum absolute atomic E-state index is 11.6. The summed E-state index contributed by atoms with van der Waals surface area (Å²) in [5.41, 5.74) is 0. The zero-order valence-corrected chi connectivity index (χ0v) is 12.2. The molecule has 1 unspecified atom stereocenters. The number of alkyl halides is 4. The summed E-state index contributed by atoms with van der Waals surface area (Å²) in [6.07, 6.45) is 1.25. The largest absolute Gasteiger partial charge is 0.271 e. The highest BCUT2D eigenvalue weighted by Crippen LogP contribution is 2.11. The highest BCUT2D eigenvalue weighted by Gasteiger charge is 2.24. The van der Waals surface area contributed by atoms with Gasteiger partial charge in [-0.15, -0.1) is 0 Å². The molecule has 0 spiro atoms. The van der Waals surface area contributed by atoms with E-state index < -0.39 is 19.4 Å². The fourth-order valence-electron chi connectivity index (χ4n) is 0.0206. The Morgan fingerprint density at radius 2 is 1.09 bits per heavy atom. The van der Waals surface area contributed by atoms with Crippen molar-refractivity contribution >= 4 is 0 Å². The Morgan fingerprint density at radius 1 is 0.864 bits per heavy atom. The molecule has 0 aliphatic rings.